The number of rotatable bonds is 21. The fourth-order valence-corrected chi connectivity index (χ4v) is 20.3. The molecule has 0 aliphatic heterocycles. The van der Waals surface area contributed by atoms with Crippen molar-refractivity contribution in [2.75, 3.05) is 16.9 Å². The van der Waals surface area contributed by atoms with Crippen LogP contribution in [-0.4, -0.2) is 29.4 Å². The number of benzene rings is 7. The van der Waals surface area contributed by atoms with E-state index >= 15 is 0 Å². The Morgan fingerprint density at radius 3 is 1.90 bits per heavy atom. The van der Waals surface area contributed by atoms with E-state index in [1.807, 2.05) is 5.01 Å². The van der Waals surface area contributed by atoms with Gasteiger partial charge in [-0.1, -0.05) is 297 Å². The highest BCUT2D eigenvalue weighted by Gasteiger charge is 2.32. The number of nitrogens with one attached hydrogen (secondary N) is 1. The topological polar surface area (TPSA) is 58.6 Å². The molecule has 0 spiro atoms. The minimum atomic E-state index is -0.152. The highest BCUT2D eigenvalue weighted by molar-refractivity contribution is 5.84. The summed E-state index contributed by atoms with van der Waals surface area (Å²) in [5, 5.41) is 5.85. The van der Waals surface area contributed by atoms with Crippen LogP contribution in [0.5, 0.6) is 0 Å². The molecule has 9 atom stereocenters. The molecule has 3 N–H and O–H groups in total. The first-order valence-electron chi connectivity index (χ1n) is 43.5. The third-order valence-electron chi connectivity index (χ3n) is 26.5. The minimum Gasteiger partial charge on any atom is -0.378 e. The molecular weight excluding hydrogens is 1400 g/mol. The molecule has 8 aromatic rings. The van der Waals surface area contributed by atoms with Gasteiger partial charge >= 0.3 is 0 Å². The van der Waals surface area contributed by atoms with Crippen molar-refractivity contribution in [1.29, 1.82) is 0 Å². The van der Waals surface area contributed by atoms with Crippen LogP contribution in [0, 0.1) is 23.7 Å². The molecule has 0 amide bonds. The molecule has 19 rings (SSSR count). The van der Waals surface area contributed by atoms with E-state index < -0.39 is 0 Å². The Morgan fingerprint density at radius 2 is 1.12 bits per heavy atom. The summed E-state index contributed by atoms with van der Waals surface area (Å²) in [6, 6.07) is 63.9. The van der Waals surface area contributed by atoms with Gasteiger partial charge in [-0.3, -0.25) is 4.99 Å². The summed E-state index contributed by atoms with van der Waals surface area (Å²) >= 11 is 0. The van der Waals surface area contributed by atoms with Crippen LogP contribution in [0.3, 0.4) is 0 Å². The van der Waals surface area contributed by atoms with Crippen LogP contribution in [0.25, 0.3) is 56.3 Å². The molecule has 5 nitrogen and oxygen atoms in total. The van der Waals surface area contributed by atoms with Gasteiger partial charge in [-0.15, -0.1) is 0 Å². The van der Waals surface area contributed by atoms with Gasteiger partial charge in [-0.25, -0.2) is 5.84 Å². The number of aliphatic imine (C=N–C) groups is 1. The fraction of sp³-hybridized carbons (Fsp3) is 0.252. The predicted molar refractivity (Wildman–Crippen MR) is 491 cm³/mol. The van der Waals surface area contributed by atoms with Crippen LogP contribution in [0.1, 0.15) is 159 Å². The smallest absolute Gasteiger partial charge is 0.0756 e. The molecule has 1 heterocycles. The van der Waals surface area contributed by atoms with Gasteiger partial charge in [0, 0.05) is 64.5 Å². The number of nitrogens with two attached hydrogens (primary N) is 1. The lowest BCUT2D eigenvalue weighted by molar-refractivity contribution is 0.492. The highest BCUT2D eigenvalue weighted by atomic mass is 15.4. The van der Waals surface area contributed by atoms with Gasteiger partial charge < -0.3 is 14.9 Å². The number of hydrogen-bond acceptors (Lipinski definition) is 4. The van der Waals surface area contributed by atoms with Crippen molar-refractivity contribution in [3.05, 3.63) is 418 Å². The van der Waals surface area contributed by atoms with E-state index in [0.717, 1.165) is 100 Å². The molecule has 0 bridgehead atoms. The van der Waals surface area contributed by atoms with Crippen molar-refractivity contribution < 1.29 is 0 Å². The second-order valence-electron chi connectivity index (χ2n) is 34.0. The summed E-state index contributed by atoms with van der Waals surface area (Å²) in [7, 11) is 0. The molecule has 9 unspecified atom stereocenters. The summed E-state index contributed by atoms with van der Waals surface area (Å²) in [4.78, 5) is 5.63. The van der Waals surface area contributed by atoms with Crippen molar-refractivity contribution in [3.63, 3.8) is 0 Å². The maximum absolute atomic E-state index is 7.36. The third-order valence-corrected chi connectivity index (χ3v) is 26.5. The van der Waals surface area contributed by atoms with E-state index in [0.29, 0.717) is 36.1 Å². The van der Waals surface area contributed by atoms with E-state index in [9.17, 15) is 0 Å². The number of fused-ring (bicyclic) bond motifs is 3. The summed E-state index contributed by atoms with van der Waals surface area (Å²) in [6.07, 6.45) is 88.6. The van der Waals surface area contributed by atoms with E-state index in [4.69, 9.17) is 10.8 Å². The van der Waals surface area contributed by atoms with Crippen LogP contribution >= 0.6 is 0 Å². The van der Waals surface area contributed by atoms with E-state index in [-0.39, 0.29) is 23.9 Å². The first kappa shape index (κ1) is 74.5. The van der Waals surface area contributed by atoms with Crippen molar-refractivity contribution in [1.82, 2.24) is 4.57 Å². The van der Waals surface area contributed by atoms with Crippen molar-refractivity contribution in [2.24, 2.45) is 34.5 Å². The second kappa shape index (κ2) is 34.4. The fourth-order valence-electron chi connectivity index (χ4n) is 20.3. The van der Waals surface area contributed by atoms with Gasteiger partial charge in [0.05, 0.1) is 24.3 Å². The van der Waals surface area contributed by atoms with Crippen LogP contribution in [-0.2, 0) is 19.3 Å². The van der Waals surface area contributed by atoms with Gasteiger partial charge in [-0.05, 0) is 282 Å². The number of hydrazine groups is 1. The summed E-state index contributed by atoms with van der Waals surface area (Å²) < 4.78 is 2.65. The molecule has 0 saturated heterocycles. The Hall–Kier alpha value is -11.6. The largest absolute Gasteiger partial charge is 0.378 e. The Bertz CT molecular complexity index is 5690. The van der Waals surface area contributed by atoms with Crippen molar-refractivity contribution >= 4 is 29.4 Å². The van der Waals surface area contributed by atoms with Crippen LogP contribution in [0.15, 0.2) is 378 Å². The Morgan fingerprint density at radius 1 is 0.466 bits per heavy atom. The zero-order valence-corrected chi connectivity index (χ0v) is 67.0. The molecule has 11 aliphatic carbocycles. The number of nitrogens with zero attached hydrogens (tertiary/aromatic N) is 3. The van der Waals surface area contributed by atoms with Crippen LogP contribution < -0.4 is 16.2 Å². The van der Waals surface area contributed by atoms with E-state index in [2.05, 4.69) is 356 Å². The second-order valence-corrected chi connectivity index (χ2v) is 34.0. The molecule has 5 heteroatoms. The molecule has 7 aromatic carbocycles. The molecule has 0 saturated carbocycles. The third kappa shape index (κ3) is 16.5. The lowest BCUT2D eigenvalue weighted by Gasteiger charge is -2.31. The maximum Gasteiger partial charge on any atom is 0.0756 e. The van der Waals surface area contributed by atoms with Crippen molar-refractivity contribution in [3.8, 4) is 44.5 Å². The Labute approximate surface area is 688 Å². The lowest BCUT2D eigenvalue weighted by Crippen LogP contribution is -2.40. The van der Waals surface area contributed by atoms with E-state index in [1.54, 1.807) is 22.4 Å². The Balaban J connectivity index is 0.554. The van der Waals surface area contributed by atoms with Crippen molar-refractivity contribution in [2.45, 2.75) is 145 Å². The molecule has 11 aliphatic rings. The summed E-state index contributed by atoms with van der Waals surface area (Å²) in [5.74, 6) is 9.61. The quantitative estimate of drug-likeness (QED) is 0.0326. The summed E-state index contributed by atoms with van der Waals surface area (Å²) in [5.41, 5.74) is 34.6. The standard InChI is InChI=1S/C111H107N5/c112-115(103-61-59-79(60-62-103)83-32-15-35-86(65-83)85-34-14-31-82(64-85)78-26-3-1-4-27-78)76-109(101-50-22-47-98(72-101)95-44-19-41-92(69-95)89-38-18-39-90(68-89)93-42-20-45-96(70-93)99-48-23-51-102(73-99)114-108-56-10-7-53-105(108)80-28-5-2-6-29-80)113-75-77-25-13-30-81(63-77)84-33-16-36-87(66-84)88-37-17-40-91(67-88)94-43-21-46-97(71-94)100-49-24-52-104(74-100)116-110-57-11-8-54-106(110)107-55-9-12-58-111(107)116/h1,3,5,7,10-11,13-14,16-26,28-31,33,35-40,42-48,50-53,56-57,59-64,66-70,73-75,83,85,92,94,100-101,105,108-109,114H,2,4,6,8-9,12,15,27,32,34,41,49,54-55,58,65,71-72,76,112H2/b113-75+. The van der Waals surface area contributed by atoms with Crippen LogP contribution in [0.4, 0.5) is 11.4 Å². The normalized spacial score (nSPS) is 23.5. The monoisotopic (exact) mass is 1510 g/mol. The number of anilines is 2. The van der Waals surface area contributed by atoms with Gasteiger partial charge in [0.15, 0.2) is 0 Å². The average Bonchev–Trinajstić information content (AvgIpc) is 1.59. The molecular formula is C111H107N5. The van der Waals surface area contributed by atoms with Gasteiger partial charge in [0.25, 0.3) is 0 Å². The highest BCUT2D eigenvalue weighted by Crippen LogP contribution is 2.45. The SMILES string of the molecule is NN(CC(/N=C/c1cccc(-c2cccc(-c3cccc(C4C=CC=C(C5C=C(n6c7c(c8c6CCCC8)CCC=C7)C=CC5)C4)c3)c2)c1)C1C=CC=C(C2=CC(c3cccc(-c4cccc(-c5cccc(NC6C=CC=CC6C6=CCCC=C6)c5)c4)c3)CC=C2)C1)c1ccc(C2CCC=C(C3C=C(C4=CC=CCC4)C=CC3)C2)cc1. The predicted octanol–water partition coefficient (Wildman–Crippen LogP) is 27.2. The van der Waals surface area contributed by atoms with Gasteiger partial charge in [0.1, 0.15) is 0 Å². The first-order valence-corrected chi connectivity index (χ1v) is 43.5. The minimum absolute atomic E-state index is 0.0930. The van der Waals surface area contributed by atoms with Gasteiger partial charge in [-0.2, -0.15) is 0 Å². The molecule has 1 aromatic heterocycles. The molecule has 576 valence electrons. The maximum atomic E-state index is 7.36. The Kier molecular flexibility index (Phi) is 22.1. The van der Waals surface area contributed by atoms with Crippen LogP contribution in [0.2, 0.25) is 0 Å². The zero-order valence-electron chi connectivity index (χ0n) is 67.0. The number of hydrogen-bond donors (Lipinski definition) is 2. The molecule has 0 radical (unpaired) electrons. The molecule has 0 fully saturated rings. The number of allylic oxidation sites excluding steroid dienone is 31. The number of aromatic nitrogens is 1. The zero-order chi connectivity index (χ0) is 77.5. The first-order chi connectivity index (χ1) is 57.3. The molecule has 116 heavy (non-hydrogen) atoms. The lowest BCUT2D eigenvalue weighted by atomic mass is 9.76. The average molecular weight is 1510 g/mol. The summed E-state index contributed by atoms with van der Waals surface area (Å²) in [6.45, 7) is 0.547. The van der Waals surface area contributed by atoms with Gasteiger partial charge in [0.2, 0.25) is 0 Å². The van der Waals surface area contributed by atoms with E-state index in [1.165, 1.54) is 138 Å².